The van der Waals surface area contributed by atoms with E-state index in [-0.39, 0.29) is 24.0 Å². The number of aromatic nitrogens is 2. The van der Waals surface area contributed by atoms with Crippen LogP contribution in [-0.2, 0) is 17.6 Å². The predicted molar refractivity (Wildman–Crippen MR) is 107 cm³/mol. The van der Waals surface area contributed by atoms with Crippen molar-refractivity contribution in [1.82, 2.24) is 20.4 Å². The molecule has 1 N–H and O–H groups in total. The van der Waals surface area contributed by atoms with Gasteiger partial charge in [0.05, 0.1) is 6.61 Å². The van der Waals surface area contributed by atoms with Crippen molar-refractivity contribution in [1.29, 1.82) is 0 Å². The van der Waals surface area contributed by atoms with Gasteiger partial charge < -0.3 is 19.5 Å². The zero-order chi connectivity index (χ0) is 16.8. The van der Waals surface area contributed by atoms with Crippen molar-refractivity contribution in [3.05, 3.63) is 11.7 Å². The zero-order valence-corrected chi connectivity index (χ0v) is 17.6. The largest absolute Gasteiger partial charge is 0.381 e. The second kappa shape index (κ2) is 9.70. The van der Waals surface area contributed by atoms with E-state index in [1.807, 2.05) is 14.0 Å². The Morgan fingerprint density at radius 2 is 2.20 bits per heavy atom. The molecule has 2 saturated heterocycles. The van der Waals surface area contributed by atoms with Crippen LogP contribution in [0.3, 0.4) is 0 Å². The lowest BCUT2D eigenvalue weighted by molar-refractivity contribution is -0.0370. The van der Waals surface area contributed by atoms with Gasteiger partial charge in [-0.3, -0.25) is 4.99 Å². The van der Waals surface area contributed by atoms with E-state index in [2.05, 4.69) is 25.3 Å². The van der Waals surface area contributed by atoms with Crippen molar-refractivity contribution in [3.8, 4) is 0 Å². The molecule has 0 saturated carbocycles. The molecule has 0 aromatic carbocycles. The number of halogens is 1. The van der Waals surface area contributed by atoms with Gasteiger partial charge in [0.25, 0.3) is 0 Å². The lowest BCUT2D eigenvalue weighted by atomic mass is 9.76. The lowest BCUT2D eigenvalue weighted by Gasteiger charge is -2.45. The maximum absolute atomic E-state index is 5.76. The van der Waals surface area contributed by atoms with E-state index >= 15 is 0 Å². The number of guanidine groups is 1. The molecule has 2 aliphatic rings. The molecule has 2 fully saturated rings. The van der Waals surface area contributed by atoms with Gasteiger partial charge in [0.2, 0.25) is 5.89 Å². The summed E-state index contributed by atoms with van der Waals surface area (Å²) >= 11 is 0. The molecule has 2 aliphatic heterocycles. The average Bonchev–Trinajstić information content (AvgIpc) is 3.07. The topological polar surface area (TPSA) is 75.8 Å². The second-order valence-corrected chi connectivity index (χ2v) is 6.86. The summed E-state index contributed by atoms with van der Waals surface area (Å²) in [6, 6.07) is 0. The van der Waals surface area contributed by atoms with Gasteiger partial charge in [0.1, 0.15) is 0 Å². The van der Waals surface area contributed by atoms with E-state index in [9.17, 15) is 0 Å². The van der Waals surface area contributed by atoms with Crippen molar-refractivity contribution in [3.63, 3.8) is 0 Å². The first kappa shape index (κ1) is 20.4. The van der Waals surface area contributed by atoms with E-state index in [1.165, 1.54) is 25.7 Å². The van der Waals surface area contributed by atoms with Crippen molar-refractivity contribution >= 4 is 29.9 Å². The van der Waals surface area contributed by atoms with E-state index in [0.29, 0.717) is 11.3 Å². The molecule has 0 radical (unpaired) electrons. The summed E-state index contributed by atoms with van der Waals surface area (Å²) in [5.41, 5.74) is 0.317. The summed E-state index contributed by atoms with van der Waals surface area (Å²) in [4.78, 5) is 11.2. The lowest BCUT2D eigenvalue weighted by Crippen LogP contribution is -2.53. The fraction of sp³-hybridized carbons (Fsp3) is 0.824. The Bertz CT molecular complexity index is 551. The fourth-order valence-corrected chi connectivity index (χ4v) is 3.77. The molecule has 0 aliphatic carbocycles. The molecule has 1 aromatic heterocycles. The van der Waals surface area contributed by atoms with Crippen LogP contribution >= 0.6 is 24.0 Å². The van der Waals surface area contributed by atoms with Crippen LogP contribution in [0.1, 0.15) is 44.3 Å². The van der Waals surface area contributed by atoms with Gasteiger partial charge in [0.15, 0.2) is 11.8 Å². The van der Waals surface area contributed by atoms with Crippen LogP contribution in [0.25, 0.3) is 0 Å². The van der Waals surface area contributed by atoms with Crippen LogP contribution in [0, 0.1) is 5.41 Å². The number of aliphatic imine (C=N–C) groups is 1. The number of ether oxygens (including phenoxy) is 1. The molecule has 3 heterocycles. The highest BCUT2D eigenvalue weighted by Gasteiger charge is 2.38. The third-order valence-electron chi connectivity index (χ3n) is 5.02. The maximum atomic E-state index is 5.76. The molecular formula is C17H30IN5O2. The molecule has 25 heavy (non-hydrogen) atoms. The molecule has 1 atom stereocenters. The maximum Gasteiger partial charge on any atom is 0.226 e. The van der Waals surface area contributed by atoms with Gasteiger partial charge in [-0.15, -0.1) is 24.0 Å². The number of rotatable bonds is 4. The van der Waals surface area contributed by atoms with Crippen molar-refractivity contribution in [2.24, 2.45) is 10.4 Å². The SMILES string of the molecule is CCc1nc(CCNC(=NC)N2CCCC3(CCCOC3)C2)no1.I. The zero-order valence-electron chi connectivity index (χ0n) is 15.3. The Kier molecular flexibility index (Phi) is 7.92. The molecule has 0 amide bonds. The van der Waals surface area contributed by atoms with Crippen LogP contribution in [0.4, 0.5) is 0 Å². The van der Waals surface area contributed by atoms with Crippen molar-refractivity contribution in [2.45, 2.75) is 45.4 Å². The molecule has 142 valence electrons. The van der Waals surface area contributed by atoms with Gasteiger partial charge in [-0.05, 0) is 25.7 Å². The third kappa shape index (κ3) is 5.29. The van der Waals surface area contributed by atoms with Gasteiger partial charge in [-0.25, -0.2) is 0 Å². The summed E-state index contributed by atoms with van der Waals surface area (Å²) in [5, 5.41) is 7.44. The quantitative estimate of drug-likeness (QED) is 0.420. The number of nitrogens with one attached hydrogen (secondary N) is 1. The summed E-state index contributed by atoms with van der Waals surface area (Å²) < 4.78 is 10.9. The van der Waals surface area contributed by atoms with Gasteiger partial charge in [-0.1, -0.05) is 12.1 Å². The number of piperidine rings is 1. The molecular weight excluding hydrogens is 433 g/mol. The van der Waals surface area contributed by atoms with E-state index in [1.54, 1.807) is 0 Å². The first-order valence-corrected chi connectivity index (χ1v) is 9.09. The van der Waals surface area contributed by atoms with Gasteiger partial charge in [0, 0.05) is 51.5 Å². The number of nitrogens with zero attached hydrogens (tertiary/aromatic N) is 4. The summed E-state index contributed by atoms with van der Waals surface area (Å²) in [6.07, 6.45) is 6.43. The second-order valence-electron chi connectivity index (χ2n) is 6.86. The number of hydrogen-bond acceptors (Lipinski definition) is 5. The first-order valence-electron chi connectivity index (χ1n) is 9.09. The minimum Gasteiger partial charge on any atom is -0.381 e. The third-order valence-corrected chi connectivity index (χ3v) is 5.02. The van der Waals surface area contributed by atoms with Crippen molar-refractivity contribution < 1.29 is 9.26 Å². The molecule has 7 nitrogen and oxygen atoms in total. The first-order chi connectivity index (χ1) is 11.7. The number of aryl methyl sites for hydroxylation is 1. The summed E-state index contributed by atoms with van der Waals surface area (Å²) in [5.74, 6) is 2.43. The van der Waals surface area contributed by atoms with Gasteiger partial charge >= 0.3 is 0 Å². The molecule has 0 bridgehead atoms. The van der Waals surface area contributed by atoms with Crippen LogP contribution in [0.15, 0.2) is 9.52 Å². The summed E-state index contributed by atoms with van der Waals surface area (Å²) in [7, 11) is 1.85. The average molecular weight is 463 g/mol. The Morgan fingerprint density at radius 3 is 2.88 bits per heavy atom. The van der Waals surface area contributed by atoms with E-state index < -0.39 is 0 Å². The summed E-state index contributed by atoms with van der Waals surface area (Å²) in [6.45, 7) is 6.68. The molecule has 3 rings (SSSR count). The molecule has 1 aromatic rings. The molecule has 1 spiro atoms. The number of hydrogen-bond donors (Lipinski definition) is 1. The Hall–Kier alpha value is -0.900. The Balaban J connectivity index is 0.00000225. The smallest absolute Gasteiger partial charge is 0.226 e. The van der Waals surface area contributed by atoms with E-state index in [4.69, 9.17) is 9.26 Å². The highest BCUT2D eigenvalue weighted by atomic mass is 127. The highest BCUT2D eigenvalue weighted by Crippen LogP contribution is 2.37. The minimum atomic E-state index is 0. The Morgan fingerprint density at radius 1 is 1.36 bits per heavy atom. The fourth-order valence-electron chi connectivity index (χ4n) is 3.77. The Labute approximate surface area is 167 Å². The van der Waals surface area contributed by atoms with Gasteiger partial charge in [-0.2, -0.15) is 4.98 Å². The normalized spacial score (nSPS) is 24.2. The van der Waals surface area contributed by atoms with Crippen LogP contribution < -0.4 is 5.32 Å². The minimum absolute atomic E-state index is 0. The molecule has 8 heteroatoms. The van der Waals surface area contributed by atoms with Crippen LogP contribution in [-0.4, -0.2) is 60.9 Å². The molecule has 1 unspecified atom stereocenters. The number of likely N-dealkylation sites (tertiary alicyclic amines) is 1. The monoisotopic (exact) mass is 463 g/mol. The highest BCUT2D eigenvalue weighted by molar-refractivity contribution is 14.0. The van der Waals surface area contributed by atoms with Crippen LogP contribution in [0.5, 0.6) is 0 Å². The standard InChI is InChI=1S/C17H29N5O2.HI/c1-3-15-20-14(21-24-15)6-9-19-16(18-2)22-10-4-7-17(12-22)8-5-11-23-13-17;/h3-13H2,1-2H3,(H,18,19);1H. The van der Waals surface area contributed by atoms with E-state index in [0.717, 1.165) is 57.5 Å². The predicted octanol–water partition coefficient (Wildman–Crippen LogP) is 2.26. The van der Waals surface area contributed by atoms with Crippen molar-refractivity contribution in [2.75, 3.05) is 39.9 Å². The van der Waals surface area contributed by atoms with Crippen LogP contribution in [0.2, 0.25) is 0 Å².